The summed E-state index contributed by atoms with van der Waals surface area (Å²) in [4.78, 5) is 18.6. The fourth-order valence-electron chi connectivity index (χ4n) is 4.61. The van der Waals surface area contributed by atoms with Crippen LogP contribution in [0, 0.1) is 12.7 Å². The highest BCUT2D eigenvalue weighted by Crippen LogP contribution is 2.42. The molecule has 6 nitrogen and oxygen atoms in total. The van der Waals surface area contributed by atoms with Crippen LogP contribution in [0.1, 0.15) is 42.4 Å². The molecule has 4 aromatic rings. The topological polar surface area (TPSA) is 62.2 Å². The Morgan fingerprint density at radius 1 is 1.08 bits per heavy atom. The molecule has 1 aliphatic rings. The van der Waals surface area contributed by atoms with Crippen molar-refractivity contribution in [2.45, 2.75) is 32.4 Å². The molecule has 2 atom stereocenters. The van der Waals surface area contributed by atoms with Crippen molar-refractivity contribution in [3.63, 3.8) is 0 Å². The zero-order chi connectivity index (χ0) is 25.2. The fraction of sp³-hybridized carbons (Fsp3) is 0.179. The number of aromatic nitrogens is 2. The summed E-state index contributed by atoms with van der Waals surface area (Å²) >= 11 is 5.84. The largest absolute Gasteiger partial charge is 0.351 e. The van der Waals surface area contributed by atoms with E-state index in [0.717, 1.165) is 34.0 Å². The zero-order valence-corrected chi connectivity index (χ0v) is 20.8. The number of rotatable bonds is 6. The maximum Gasteiger partial charge on any atom is 0.224 e. The summed E-state index contributed by atoms with van der Waals surface area (Å²) < 4.78 is 16.1. The van der Waals surface area contributed by atoms with E-state index >= 15 is 0 Å². The number of hydrogen-bond donors (Lipinski definition) is 2. The summed E-state index contributed by atoms with van der Waals surface area (Å²) in [6.07, 6.45) is 4.10. The van der Waals surface area contributed by atoms with E-state index in [9.17, 15) is 9.18 Å². The molecule has 0 bridgehead atoms. The summed E-state index contributed by atoms with van der Waals surface area (Å²) in [7, 11) is 0. The van der Waals surface area contributed by atoms with Gasteiger partial charge in [0.2, 0.25) is 5.91 Å². The monoisotopic (exact) mass is 499 g/mol. The van der Waals surface area contributed by atoms with Gasteiger partial charge in [0.05, 0.1) is 11.7 Å². The van der Waals surface area contributed by atoms with Crippen molar-refractivity contribution >= 4 is 34.6 Å². The van der Waals surface area contributed by atoms with Gasteiger partial charge in [0, 0.05) is 41.6 Å². The predicted octanol–water partition coefficient (Wildman–Crippen LogP) is 5.85. The Labute approximate surface area is 214 Å². The van der Waals surface area contributed by atoms with Gasteiger partial charge >= 0.3 is 0 Å². The van der Waals surface area contributed by atoms with Gasteiger partial charge in [-0.2, -0.15) is 0 Å². The highest BCUT2D eigenvalue weighted by atomic mass is 32.1. The molecule has 0 radical (unpaired) electrons. The number of thiocarbonyl (C=S) groups is 1. The first-order valence-corrected chi connectivity index (χ1v) is 12.2. The molecule has 5 rings (SSSR count). The number of pyridine rings is 1. The van der Waals surface area contributed by atoms with E-state index in [1.165, 1.54) is 12.1 Å². The Morgan fingerprint density at radius 3 is 2.67 bits per heavy atom. The van der Waals surface area contributed by atoms with E-state index in [4.69, 9.17) is 12.2 Å². The molecule has 1 saturated heterocycles. The van der Waals surface area contributed by atoms with Gasteiger partial charge in [-0.05, 0) is 85.4 Å². The first-order valence-electron chi connectivity index (χ1n) is 11.8. The average molecular weight is 500 g/mol. The minimum absolute atomic E-state index is 0.0368. The van der Waals surface area contributed by atoms with Gasteiger partial charge in [-0.1, -0.05) is 19.1 Å². The molecular formula is C28H26FN5OS. The van der Waals surface area contributed by atoms with Gasteiger partial charge in [0.1, 0.15) is 11.9 Å². The third-order valence-electron chi connectivity index (χ3n) is 6.35. The Kier molecular flexibility index (Phi) is 6.52. The summed E-state index contributed by atoms with van der Waals surface area (Å²) in [5.41, 5.74) is 5.09. The van der Waals surface area contributed by atoms with Crippen LogP contribution >= 0.6 is 12.2 Å². The predicted molar refractivity (Wildman–Crippen MR) is 144 cm³/mol. The maximum absolute atomic E-state index is 14.1. The molecule has 1 amide bonds. The maximum atomic E-state index is 14.1. The van der Waals surface area contributed by atoms with Gasteiger partial charge < -0.3 is 20.1 Å². The van der Waals surface area contributed by atoms with Crippen LogP contribution in [0.2, 0.25) is 0 Å². The number of nitrogens with one attached hydrogen (secondary N) is 2. The minimum Gasteiger partial charge on any atom is -0.351 e. The number of hydrogen-bond acceptors (Lipinski definition) is 3. The molecule has 2 aromatic heterocycles. The van der Waals surface area contributed by atoms with Crippen LogP contribution in [0.4, 0.5) is 15.8 Å². The van der Waals surface area contributed by atoms with Crippen LogP contribution in [0.25, 0.3) is 5.69 Å². The number of anilines is 2. The van der Waals surface area contributed by atoms with Crippen LogP contribution in [-0.4, -0.2) is 20.6 Å². The van der Waals surface area contributed by atoms with Crippen molar-refractivity contribution < 1.29 is 9.18 Å². The second-order valence-corrected chi connectivity index (χ2v) is 9.07. The third kappa shape index (κ3) is 4.47. The van der Waals surface area contributed by atoms with Gasteiger partial charge in [0.15, 0.2) is 5.11 Å². The molecule has 2 aromatic carbocycles. The first-order chi connectivity index (χ1) is 17.5. The summed E-state index contributed by atoms with van der Waals surface area (Å²) in [5.74, 6) is -0.337. The lowest BCUT2D eigenvalue weighted by atomic mass is 10.00. The quantitative estimate of drug-likeness (QED) is 0.326. The number of benzene rings is 2. The summed E-state index contributed by atoms with van der Waals surface area (Å²) in [5, 5.41) is 6.97. The van der Waals surface area contributed by atoms with Gasteiger partial charge in [-0.15, -0.1) is 0 Å². The van der Waals surface area contributed by atoms with Crippen LogP contribution in [0.15, 0.2) is 85.2 Å². The highest BCUT2D eigenvalue weighted by molar-refractivity contribution is 7.80. The SMILES string of the molecule is CCC(=O)Nc1ccc(N2C(=S)NC(c3ccccn3)C2c2cccn2-c2cccc(F)c2)cc1C. The number of amides is 1. The molecule has 1 fully saturated rings. The van der Waals surface area contributed by atoms with Crippen LogP contribution in [-0.2, 0) is 4.79 Å². The Bertz CT molecular complexity index is 1420. The first kappa shape index (κ1) is 23.7. The normalized spacial score (nSPS) is 17.2. The standard InChI is InChI=1S/C28H26FN5OS/c1-3-25(35)31-22-13-12-21(16-18(22)2)34-27(26(32-28(34)36)23-10-4-5-14-30-23)24-11-7-15-33(24)20-9-6-8-19(29)17-20/h4-17,26-27H,3H2,1-2H3,(H,31,35)(H,32,36). The third-order valence-corrected chi connectivity index (χ3v) is 6.67. The molecule has 1 aliphatic heterocycles. The number of aryl methyl sites for hydroxylation is 1. The lowest BCUT2D eigenvalue weighted by molar-refractivity contribution is -0.115. The van der Waals surface area contributed by atoms with E-state index in [1.54, 1.807) is 12.3 Å². The molecule has 2 unspecified atom stereocenters. The van der Waals surface area contributed by atoms with E-state index in [-0.39, 0.29) is 23.8 Å². The van der Waals surface area contributed by atoms with Crippen molar-refractivity contribution in [3.05, 3.63) is 108 Å². The molecule has 0 spiro atoms. The van der Waals surface area contributed by atoms with Crippen molar-refractivity contribution in [1.82, 2.24) is 14.9 Å². The zero-order valence-electron chi connectivity index (χ0n) is 20.0. The van der Waals surface area contributed by atoms with Crippen molar-refractivity contribution in [2.24, 2.45) is 0 Å². The smallest absolute Gasteiger partial charge is 0.224 e. The molecule has 8 heteroatoms. The molecule has 3 heterocycles. The molecular weight excluding hydrogens is 473 g/mol. The van der Waals surface area contributed by atoms with E-state index in [0.29, 0.717) is 11.5 Å². The second-order valence-electron chi connectivity index (χ2n) is 8.68. The number of halogens is 1. The summed E-state index contributed by atoms with van der Waals surface area (Å²) in [6, 6.07) is 21.7. The van der Waals surface area contributed by atoms with E-state index in [1.807, 2.05) is 79.2 Å². The fourth-order valence-corrected chi connectivity index (χ4v) is 4.95. The summed E-state index contributed by atoms with van der Waals surface area (Å²) in [6.45, 7) is 3.78. The molecule has 182 valence electrons. The number of carbonyl (C=O) groups excluding carboxylic acids is 1. The van der Waals surface area contributed by atoms with Crippen molar-refractivity contribution in [1.29, 1.82) is 0 Å². The molecule has 0 saturated carbocycles. The highest BCUT2D eigenvalue weighted by Gasteiger charge is 2.42. The van der Waals surface area contributed by atoms with Crippen LogP contribution in [0.5, 0.6) is 0 Å². The van der Waals surface area contributed by atoms with Gasteiger partial charge in [0.25, 0.3) is 0 Å². The number of nitrogens with zero attached hydrogens (tertiary/aromatic N) is 3. The lowest BCUT2D eigenvalue weighted by Gasteiger charge is -2.29. The van der Waals surface area contributed by atoms with Crippen LogP contribution < -0.4 is 15.5 Å². The minimum atomic E-state index is -0.300. The van der Waals surface area contributed by atoms with Crippen molar-refractivity contribution in [2.75, 3.05) is 10.2 Å². The number of carbonyl (C=O) groups is 1. The van der Waals surface area contributed by atoms with E-state index < -0.39 is 0 Å². The second kappa shape index (κ2) is 9.91. The van der Waals surface area contributed by atoms with Crippen LogP contribution in [0.3, 0.4) is 0 Å². The Balaban J connectivity index is 1.62. The van der Waals surface area contributed by atoms with Gasteiger partial charge in [-0.3, -0.25) is 9.78 Å². The van der Waals surface area contributed by atoms with Crippen molar-refractivity contribution in [3.8, 4) is 5.69 Å². The molecule has 2 N–H and O–H groups in total. The lowest BCUT2D eigenvalue weighted by Crippen LogP contribution is -2.30. The Morgan fingerprint density at radius 2 is 1.94 bits per heavy atom. The average Bonchev–Trinajstić information content (AvgIpc) is 3.50. The molecule has 0 aliphatic carbocycles. The van der Waals surface area contributed by atoms with E-state index in [2.05, 4.69) is 20.5 Å². The van der Waals surface area contributed by atoms with Gasteiger partial charge in [-0.25, -0.2) is 4.39 Å². The molecule has 36 heavy (non-hydrogen) atoms. The Hall–Kier alpha value is -4.04.